The summed E-state index contributed by atoms with van der Waals surface area (Å²) in [5, 5.41) is 3.42. The Bertz CT molecular complexity index is 303. The van der Waals surface area contributed by atoms with Gasteiger partial charge in [0, 0.05) is 6.54 Å². The first-order valence-electron chi connectivity index (χ1n) is 6.90. The van der Waals surface area contributed by atoms with Crippen molar-refractivity contribution in [3.05, 3.63) is 35.9 Å². The summed E-state index contributed by atoms with van der Waals surface area (Å²) < 4.78 is 5.61. The zero-order chi connectivity index (χ0) is 13.3. The molecule has 1 N–H and O–H groups in total. The molecule has 0 unspecified atom stereocenters. The molecule has 0 heterocycles. The van der Waals surface area contributed by atoms with E-state index < -0.39 is 0 Å². The maximum absolute atomic E-state index is 5.61. The molecule has 0 saturated heterocycles. The lowest BCUT2D eigenvalue weighted by Gasteiger charge is -2.18. The van der Waals surface area contributed by atoms with Crippen LogP contribution in [0.25, 0.3) is 0 Å². The molecule has 0 amide bonds. The van der Waals surface area contributed by atoms with Gasteiger partial charge in [0.1, 0.15) is 0 Å². The average molecular weight is 249 g/mol. The number of hydrogen-bond donors (Lipinski definition) is 1. The van der Waals surface area contributed by atoms with E-state index in [2.05, 4.69) is 50.4 Å². The third kappa shape index (κ3) is 8.26. The lowest BCUT2D eigenvalue weighted by Crippen LogP contribution is -2.24. The molecule has 1 rings (SSSR count). The molecule has 0 aliphatic heterocycles. The minimum atomic E-state index is 0.418. The normalized spacial score (nSPS) is 11.7. The van der Waals surface area contributed by atoms with Crippen molar-refractivity contribution >= 4 is 0 Å². The smallest absolute Gasteiger partial charge is 0.0591 e. The number of nitrogens with one attached hydrogen (secondary N) is 1. The van der Waals surface area contributed by atoms with Crippen molar-refractivity contribution < 1.29 is 4.74 Å². The third-order valence-electron chi connectivity index (χ3n) is 2.85. The standard InChI is InChI=1S/C16H27NO/c1-16(2,3)10-11-17-12-14-18-13-9-15-7-5-4-6-8-15/h4-8,17H,9-14H2,1-3H3. The monoisotopic (exact) mass is 249 g/mol. The fourth-order valence-electron chi connectivity index (χ4n) is 1.67. The lowest BCUT2D eigenvalue weighted by molar-refractivity contribution is 0.138. The van der Waals surface area contributed by atoms with Gasteiger partial charge >= 0.3 is 0 Å². The second kappa shape index (κ2) is 8.28. The number of rotatable bonds is 8. The Morgan fingerprint density at radius 2 is 1.72 bits per heavy atom. The van der Waals surface area contributed by atoms with Gasteiger partial charge in [0.05, 0.1) is 13.2 Å². The maximum Gasteiger partial charge on any atom is 0.0591 e. The van der Waals surface area contributed by atoms with E-state index in [9.17, 15) is 0 Å². The topological polar surface area (TPSA) is 21.3 Å². The van der Waals surface area contributed by atoms with Gasteiger partial charge < -0.3 is 10.1 Å². The van der Waals surface area contributed by atoms with Gasteiger partial charge in [0.2, 0.25) is 0 Å². The molecule has 0 saturated carbocycles. The van der Waals surface area contributed by atoms with Crippen LogP contribution in [0.4, 0.5) is 0 Å². The number of ether oxygens (including phenoxy) is 1. The molecule has 0 aliphatic rings. The van der Waals surface area contributed by atoms with E-state index in [1.54, 1.807) is 0 Å². The van der Waals surface area contributed by atoms with Crippen LogP contribution >= 0.6 is 0 Å². The highest BCUT2D eigenvalue weighted by Crippen LogP contribution is 2.16. The van der Waals surface area contributed by atoms with Gasteiger partial charge in [0.25, 0.3) is 0 Å². The Morgan fingerprint density at radius 1 is 1.00 bits per heavy atom. The van der Waals surface area contributed by atoms with Crippen molar-refractivity contribution in [2.45, 2.75) is 33.6 Å². The summed E-state index contributed by atoms with van der Waals surface area (Å²) in [6, 6.07) is 10.5. The van der Waals surface area contributed by atoms with Crippen molar-refractivity contribution in [1.82, 2.24) is 5.32 Å². The van der Waals surface area contributed by atoms with Crippen molar-refractivity contribution in [2.24, 2.45) is 5.41 Å². The molecule has 0 spiro atoms. The zero-order valence-corrected chi connectivity index (χ0v) is 12.0. The van der Waals surface area contributed by atoms with Crippen LogP contribution in [-0.4, -0.2) is 26.3 Å². The van der Waals surface area contributed by atoms with E-state index >= 15 is 0 Å². The summed E-state index contributed by atoms with van der Waals surface area (Å²) in [5.74, 6) is 0. The van der Waals surface area contributed by atoms with Crippen LogP contribution in [-0.2, 0) is 11.2 Å². The lowest BCUT2D eigenvalue weighted by atomic mass is 9.92. The molecule has 0 atom stereocenters. The van der Waals surface area contributed by atoms with Crippen LogP contribution in [0.15, 0.2) is 30.3 Å². The largest absolute Gasteiger partial charge is 0.380 e. The SMILES string of the molecule is CC(C)(C)CCNCCOCCc1ccccc1. The van der Waals surface area contributed by atoms with Gasteiger partial charge in [-0.3, -0.25) is 0 Å². The highest BCUT2D eigenvalue weighted by Gasteiger charge is 2.08. The Kier molecular flexibility index (Phi) is 6.99. The predicted molar refractivity (Wildman–Crippen MR) is 77.9 cm³/mol. The van der Waals surface area contributed by atoms with Crippen LogP contribution in [0.2, 0.25) is 0 Å². The predicted octanol–water partition coefficient (Wildman–Crippen LogP) is 3.27. The van der Waals surface area contributed by atoms with Crippen molar-refractivity contribution in [3.8, 4) is 0 Å². The van der Waals surface area contributed by atoms with Crippen LogP contribution in [0.5, 0.6) is 0 Å². The van der Waals surface area contributed by atoms with Crippen molar-refractivity contribution in [3.63, 3.8) is 0 Å². The van der Waals surface area contributed by atoms with E-state index in [4.69, 9.17) is 4.74 Å². The summed E-state index contributed by atoms with van der Waals surface area (Å²) in [7, 11) is 0. The Morgan fingerprint density at radius 3 is 2.39 bits per heavy atom. The molecular formula is C16H27NO. The summed E-state index contributed by atoms with van der Waals surface area (Å²) in [6.07, 6.45) is 2.21. The molecule has 0 aliphatic carbocycles. The molecular weight excluding hydrogens is 222 g/mol. The highest BCUT2D eigenvalue weighted by molar-refractivity contribution is 5.14. The first-order valence-corrected chi connectivity index (χ1v) is 6.90. The fraction of sp³-hybridized carbons (Fsp3) is 0.625. The molecule has 0 bridgehead atoms. The molecule has 1 aromatic carbocycles. The number of benzene rings is 1. The van der Waals surface area contributed by atoms with E-state index in [1.165, 1.54) is 12.0 Å². The van der Waals surface area contributed by atoms with E-state index in [1.807, 2.05) is 6.07 Å². The molecule has 102 valence electrons. The van der Waals surface area contributed by atoms with Crippen LogP contribution in [0.1, 0.15) is 32.8 Å². The quantitative estimate of drug-likeness (QED) is 0.714. The number of hydrogen-bond acceptors (Lipinski definition) is 2. The molecule has 2 nitrogen and oxygen atoms in total. The first kappa shape index (κ1) is 15.2. The molecule has 0 fully saturated rings. The van der Waals surface area contributed by atoms with Gasteiger partial charge in [-0.15, -0.1) is 0 Å². The van der Waals surface area contributed by atoms with E-state index in [0.29, 0.717) is 5.41 Å². The maximum atomic E-state index is 5.61. The van der Waals surface area contributed by atoms with Crippen LogP contribution in [0, 0.1) is 5.41 Å². The first-order chi connectivity index (χ1) is 8.58. The minimum Gasteiger partial charge on any atom is -0.380 e. The van der Waals surface area contributed by atoms with Crippen molar-refractivity contribution in [1.29, 1.82) is 0 Å². The third-order valence-corrected chi connectivity index (χ3v) is 2.85. The van der Waals surface area contributed by atoms with E-state index in [0.717, 1.165) is 32.7 Å². The van der Waals surface area contributed by atoms with Gasteiger partial charge in [-0.2, -0.15) is 0 Å². The Hall–Kier alpha value is -0.860. The zero-order valence-electron chi connectivity index (χ0n) is 12.0. The molecule has 2 heteroatoms. The van der Waals surface area contributed by atoms with Gasteiger partial charge in [-0.05, 0) is 30.4 Å². The summed E-state index contributed by atoms with van der Waals surface area (Å²) in [5.41, 5.74) is 1.76. The summed E-state index contributed by atoms with van der Waals surface area (Å²) >= 11 is 0. The van der Waals surface area contributed by atoms with Crippen LogP contribution in [0.3, 0.4) is 0 Å². The molecule has 0 aromatic heterocycles. The molecule has 0 radical (unpaired) electrons. The highest BCUT2D eigenvalue weighted by atomic mass is 16.5. The Labute approximate surface area is 112 Å². The summed E-state index contributed by atoms with van der Waals surface area (Å²) in [4.78, 5) is 0. The van der Waals surface area contributed by atoms with E-state index in [-0.39, 0.29) is 0 Å². The minimum absolute atomic E-state index is 0.418. The molecule has 1 aromatic rings. The van der Waals surface area contributed by atoms with Gasteiger partial charge in [-0.25, -0.2) is 0 Å². The summed E-state index contributed by atoms with van der Waals surface area (Å²) in [6.45, 7) is 10.4. The second-order valence-electron chi connectivity index (χ2n) is 5.91. The van der Waals surface area contributed by atoms with Crippen LogP contribution < -0.4 is 5.32 Å². The Balaban J connectivity index is 1.90. The molecule has 18 heavy (non-hydrogen) atoms. The van der Waals surface area contributed by atoms with Crippen molar-refractivity contribution in [2.75, 3.05) is 26.3 Å². The fourth-order valence-corrected chi connectivity index (χ4v) is 1.67. The second-order valence-corrected chi connectivity index (χ2v) is 5.91. The average Bonchev–Trinajstić information content (AvgIpc) is 2.32. The van der Waals surface area contributed by atoms with Gasteiger partial charge in [-0.1, -0.05) is 51.1 Å². The van der Waals surface area contributed by atoms with Gasteiger partial charge in [0.15, 0.2) is 0 Å².